The van der Waals surface area contributed by atoms with Gasteiger partial charge in [0.15, 0.2) is 0 Å². The van der Waals surface area contributed by atoms with Gasteiger partial charge in [0.25, 0.3) is 0 Å². The number of carbonyl (C=O) groups is 1. The summed E-state index contributed by atoms with van der Waals surface area (Å²) >= 11 is 0. The number of sulfonamides is 1. The van der Waals surface area contributed by atoms with E-state index < -0.39 is 10.0 Å². The van der Waals surface area contributed by atoms with Crippen LogP contribution in [0.2, 0.25) is 0 Å². The molecule has 5 nitrogen and oxygen atoms in total. The maximum atomic E-state index is 11.1. The van der Waals surface area contributed by atoms with Crippen molar-refractivity contribution in [2.24, 2.45) is 5.14 Å². The molecule has 1 amide bonds. The first-order chi connectivity index (χ1) is 6.79. The summed E-state index contributed by atoms with van der Waals surface area (Å²) in [6.45, 7) is 3.30. The number of nitrogens with zero attached hydrogens (tertiary/aromatic N) is 1. The highest BCUT2D eigenvalue weighted by Gasteiger charge is 2.05. The van der Waals surface area contributed by atoms with E-state index in [2.05, 4.69) is 6.58 Å². The van der Waals surface area contributed by atoms with Crippen molar-refractivity contribution in [1.82, 2.24) is 4.90 Å². The fourth-order valence-corrected chi connectivity index (χ4v) is 1.15. The lowest BCUT2D eigenvalue weighted by Gasteiger charge is -2.04. The molecule has 0 fully saturated rings. The normalized spacial score (nSPS) is 12.9. The van der Waals surface area contributed by atoms with Crippen LogP contribution in [0.5, 0.6) is 0 Å². The molecule has 0 spiro atoms. The number of hydrogen-bond donors (Lipinski definition) is 1. The summed E-state index contributed by atoms with van der Waals surface area (Å²) < 4.78 is 21.8. The molecule has 6 heteroatoms. The van der Waals surface area contributed by atoms with Crippen LogP contribution in [-0.4, -0.2) is 33.3 Å². The molecule has 0 aliphatic heterocycles. The van der Waals surface area contributed by atoms with Gasteiger partial charge < -0.3 is 4.90 Å². The van der Waals surface area contributed by atoms with Gasteiger partial charge >= 0.3 is 0 Å². The fraction of sp³-hybridized carbons (Fsp3) is 0.222. The number of amides is 1. The molecule has 0 aliphatic rings. The van der Waals surface area contributed by atoms with Gasteiger partial charge in [0.2, 0.25) is 15.9 Å². The average molecular weight is 230 g/mol. The number of primary sulfonamides is 1. The molecule has 2 N–H and O–H groups in total. The summed E-state index contributed by atoms with van der Waals surface area (Å²) in [5, 5.41) is 4.87. The number of likely N-dealkylation sites (N-methyl/N-ethyl adjacent to an activating group) is 1. The van der Waals surface area contributed by atoms with Crippen LogP contribution in [0.1, 0.15) is 0 Å². The van der Waals surface area contributed by atoms with E-state index in [1.54, 1.807) is 14.1 Å². The molecule has 0 radical (unpaired) electrons. The third kappa shape index (κ3) is 5.14. The van der Waals surface area contributed by atoms with Crippen LogP contribution in [0.3, 0.4) is 0 Å². The first-order valence-electron chi connectivity index (χ1n) is 4.04. The van der Waals surface area contributed by atoms with E-state index in [0.717, 1.165) is 6.08 Å². The molecule has 0 heterocycles. The van der Waals surface area contributed by atoms with Crippen LogP contribution < -0.4 is 5.14 Å². The predicted octanol–water partition coefficient (Wildman–Crippen LogP) is -0.0108. The van der Waals surface area contributed by atoms with Crippen LogP contribution in [-0.2, 0) is 14.8 Å². The van der Waals surface area contributed by atoms with Crippen LogP contribution in [0.25, 0.3) is 0 Å². The van der Waals surface area contributed by atoms with E-state index in [0.29, 0.717) is 0 Å². The summed E-state index contributed by atoms with van der Waals surface area (Å²) in [5.74, 6) is -0.246. The number of allylic oxidation sites excluding steroid dienone is 3. The van der Waals surface area contributed by atoms with Crippen LogP contribution in [0, 0.1) is 0 Å². The monoisotopic (exact) mass is 230 g/mol. The smallest absolute Gasteiger partial charge is 0.246 e. The molecule has 0 atom stereocenters. The zero-order valence-corrected chi connectivity index (χ0v) is 9.49. The Morgan fingerprint density at radius 3 is 2.27 bits per heavy atom. The number of carbonyl (C=O) groups excluding carboxylic acids is 1. The summed E-state index contributed by atoms with van der Waals surface area (Å²) in [6, 6.07) is 0. The lowest BCUT2D eigenvalue weighted by molar-refractivity contribution is -0.123. The van der Waals surface area contributed by atoms with Crippen molar-refractivity contribution >= 4 is 15.9 Å². The second kappa shape index (κ2) is 5.47. The van der Waals surface area contributed by atoms with Gasteiger partial charge in [0.1, 0.15) is 0 Å². The Morgan fingerprint density at radius 2 is 1.93 bits per heavy atom. The zero-order valence-electron chi connectivity index (χ0n) is 8.67. The fourth-order valence-electron chi connectivity index (χ4n) is 0.653. The second-order valence-corrected chi connectivity index (χ2v) is 4.47. The SMILES string of the molecule is C=C/C(=C\C=C\C(=O)N(C)C)S(N)(=O)=O. The van der Waals surface area contributed by atoms with E-state index in [9.17, 15) is 13.2 Å². The lowest BCUT2D eigenvalue weighted by atomic mass is 10.4. The molecule has 0 saturated heterocycles. The highest BCUT2D eigenvalue weighted by atomic mass is 32.2. The Hall–Kier alpha value is -1.40. The topological polar surface area (TPSA) is 80.5 Å². The van der Waals surface area contributed by atoms with Gasteiger partial charge in [0.05, 0.1) is 4.91 Å². The maximum Gasteiger partial charge on any atom is 0.246 e. The first kappa shape index (κ1) is 13.6. The Bertz CT molecular complexity index is 405. The van der Waals surface area contributed by atoms with Gasteiger partial charge in [-0.05, 0) is 12.2 Å². The Balaban J connectivity index is 4.79. The highest BCUT2D eigenvalue weighted by molar-refractivity contribution is 7.93. The van der Waals surface area contributed by atoms with E-state index >= 15 is 0 Å². The number of nitrogens with two attached hydrogens (primary N) is 1. The lowest BCUT2D eigenvalue weighted by Crippen LogP contribution is -2.18. The Labute approximate surface area is 89.6 Å². The predicted molar refractivity (Wildman–Crippen MR) is 59.2 cm³/mol. The molecule has 0 saturated carbocycles. The molecule has 0 aliphatic carbocycles. The van der Waals surface area contributed by atoms with Gasteiger partial charge in [-0.1, -0.05) is 12.7 Å². The molecular weight excluding hydrogens is 216 g/mol. The van der Waals surface area contributed by atoms with E-state index in [-0.39, 0.29) is 10.8 Å². The van der Waals surface area contributed by atoms with Crippen molar-refractivity contribution < 1.29 is 13.2 Å². The number of rotatable bonds is 4. The third-order valence-electron chi connectivity index (χ3n) is 1.47. The molecule has 0 unspecified atom stereocenters. The molecule has 0 rings (SSSR count). The molecule has 0 bridgehead atoms. The summed E-state index contributed by atoms with van der Waals surface area (Å²) in [5.41, 5.74) is 0. The third-order valence-corrected chi connectivity index (χ3v) is 2.43. The van der Waals surface area contributed by atoms with Crippen molar-refractivity contribution in [3.05, 3.63) is 35.8 Å². The maximum absolute atomic E-state index is 11.1. The van der Waals surface area contributed by atoms with Crippen molar-refractivity contribution in [3.63, 3.8) is 0 Å². The Kier molecular flexibility index (Phi) is 4.96. The van der Waals surface area contributed by atoms with Crippen molar-refractivity contribution in [2.75, 3.05) is 14.1 Å². The minimum Gasteiger partial charge on any atom is -0.345 e. The van der Waals surface area contributed by atoms with Crippen LogP contribution in [0.4, 0.5) is 0 Å². The van der Waals surface area contributed by atoms with Crippen molar-refractivity contribution in [1.29, 1.82) is 0 Å². The molecular formula is C9H14N2O3S. The molecule has 0 aromatic carbocycles. The van der Waals surface area contributed by atoms with E-state index in [1.165, 1.54) is 23.1 Å². The van der Waals surface area contributed by atoms with Crippen molar-refractivity contribution in [2.45, 2.75) is 0 Å². The van der Waals surface area contributed by atoms with Gasteiger partial charge in [-0.15, -0.1) is 0 Å². The summed E-state index contributed by atoms with van der Waals surface area (Å²) in [6.07, 6.45) is 4.86. The van der Waals surface area contributed by atoms with Crippen LogP contribution in [0.15, 0.2) is 35.8 Å². The summed E-state index contributed by atoms with van der Waals surface area (Å²) in [4.78, 5) is 12.3. The van der Waals surface area contributed by atoms with E-state index in [4.69, 9.17) is 5.14 Å². The Morgan fingerprint density at radius 1 is 1.40 bits per heavy atom. The minimum absolute atomic E-state index is 0.134. The van der Waals surface area contributed by atoms with Crippen LogP contribution >= 0.6 is 0 Å². The highest BCUT2D eigenvalue weighted by Crippen LogP contribution is 2.02. The van der Waals surface area contributed by atoms with Gasteiger partial charge in [-0.25, -0.2) is 13.6 Å². The average Bonchev–Trinajstić information content (AvgIpc) is 2.09. The van der Waals surface area contributed by atoms with Crippen molar-refractivity contribution in [3.8, 4) is 0 Å². The second-order valence-electron chi connectivity index (χ2n) is 2.91. The largest absolute Gasteiger partial charge is 0.345 e. The van der Waals surface area contributed by atoms with E-state index in [1.807, 2.05) is 0 Å². The molecule has 15 heavy (non-hydrogen) atoms. The quantitative estimate of drug-likeness (QED) is 0.545. The standard InChI is InChI=1S/C9H14N2O3S/c1-4-8(15(10,13)14)6-5-7-9(12)11(2)3/h4-7H,1H2,2-3H3,(H2,10,13,14)/b7-5+,8-6+. The zero-order chi connectivity index (χ0) is 12.1. The molecule has 84 valence electrons. The summed E-state index contributed by atoms with van der Waals surface area (Å²) in [7, 11) is -0.591. The van der Waals surface area contributed by atoms with Gasteiger partial charge in [-0.2, -0.15) is 0 Å². The van der Waals surface area contributed by atoms with Gasteiger partial charge in [-0.3, -0.25) is 4.79 Å². The molecule has 0 aromatic heterocycles. The number of hydrogen-bond acceptors (Lipinski definition) is 3. The molecule has 0 aromatic rings. The minimum atomic E-state index is -3.77. The van der Waals surface area contributed by atoms with Gasteiger partial charge in [0, 0.05) is 20.2 Å². The first-order valence-corrected chi connectivity index (χ1v) is 5.58.